The largest absolute Gasteiger partial charge is 0.491 e. The van der Waals surface area contributed by atoms with Crippen LogP contribution in [-0.2, 0) is 11.3 Å². The number of carbonyl (C=O) groups is 2. The van der Waals surface area contributed by atoms with E-state index in [-0.39, 0.29) is 12.6 Å². The Hall–Kier alpha value is -2.60. The molecule has 1 fully saturated rings. The van der Waals surface area contributed by atoms with Crippen molar-refractivity contribution in [1.82, 2.24) is 4.90 Å². The molecule has 134 valence electrons. The van der Waals surface area contributed by atoms with Gasteiger partial charge in [0, 0.05) is 5.56 Å². The van der Waals surface area contributed by atoms with Gasteiger partial charge in [0.2, 0.25) is 0 Å². The van der Waals surface area contributed by atoms with E-state index in [2.05, 4.69) is 0 Å². The molecule has 0 aromatic heterocycles. The molecule has 0 atom stereocenters. The molecule has 0 saturated carbocycles. The standard InChI is InChI=1S/C20H18FNO3S/c1-13(2)25-16-9-7-14(8-10-16)11-18-19(23)22(20(24)26-18)12-15-5-3-4-6-17(15)21/h3-11,13H,12H2,1-2H3/b18-11-. The van der Waals surface area contributed by atoms with Crippen LogP contribution in [-0.4, -0.2) is 22.2 Å². The third-order valence-electron chi connectivity index (χ3n) is 3.71. The normalized spacial score (nSPS) is 16.0. The monoisotopic (exact) mass is 371 g/mol. The van der Waals surface area contributed by atoms with Gasteiger partial charge < -0.3 is 4.74 Å². The highest BCUT2D eigenvalue weighted by Gasteiger charge is 2.35. The van der Waals surface area contributed by atoms with Gasteiger partial charge >= 0.3 is 0 Å². The first-order chi connectivity index (χ1) is 12.4. The molecule has 2 amide bonds. The van der Waals surface area contributed by atoms with Gasteiger partial charge in [0.1, 0.15) is 11.6 Å². The number of thioether (sulfide) groups is 1. The fourth-order valence-corrected chi connectivity index (χ4v) is 3.34. The third kappa shape index (κ3) is 4.14. The van der Waals surface area contributed by atoms with E-state index in [4.69, 9.17) is 4.74 Å². The molecule has 2 aromatic carbocycles. The molecule has 3 rings (SSSR count). The highest BCUT2D eigenvalue weighted by atomic mass is 32.2. The minimum absolute atomic E-state index is 0.0736. The molecule has 1 heterocycles. The second kappa shape index (κ2) is 7.74. The van der Waals surface area contributed by atoms with Crippen LogP contribution in [0, 0.1) is 5.82 Å². The molecule has 2 aromatic rings. The van der Waals surface area contributed by atoms with E-state index >= 15 is 0 Å². The second-order valence-electron chi connectivity index (χ2n) is 6.09. The van der Waals surface area contributed by atoms with Crippen LogP contribution >= 0.6 is 11.8 Å². The summed E-state index contributed by atoms with van der Waals surface area (Å²) in [5.74, 6) is -0.105. The Morgan fingerprint density at radius 1 is 1.12 bits per heavy atom. The van der Waals surface area contributed by atoms with E-state index in [1.165, 1.54) is 6.07 Å². The maximum atomic E-state index is 13.8. The Labute approximate surface area is 155 Å². The summed E-state index contributed by atoms with van der Waals surface area (Å²) in [6.07, 6.45) is 1.74. The summed E-state index contributed by atoms with van der Waals surface area (Å²) >= 11 is 0.861. The third-order valence-corrected chi connectivity index (χ3v) is 4.62. The molecule has 0 aliphatic carbocycles. The first kappa shape index (κ1) is 18.2. The van der Waals surface area contributed by atoms with Crippen LogP contribution in [0.1, 0.15) is 25.0 Å². The predicted octanol–water partition coefficient (Wildman–Crippen LogP) is 4.85. The molecule has 0 unspecified atom stereocenters. The zero-order chi connectivity index (χ0) is 18.7. The van der Waals surface area contributed by atoms with Crippen molar-refractivity contribution in [1.29, 1.82) is 0 Å². The SMILES string of the molecule is CC(C)Oc1ccc(/C=C2\SC(=O)N(Cc3ccccc3F)C2=O)cc1. The molecule has 0 N–H and O–H groups in total. The van der Waals surface area contributed by atoms with Crippen molar-refractivity contribution in [2.24, 2.45) is 0 Å². The number of ether oxygens (including phenoxy) is 1. The van der Waals surface area contributed by atoms with Gasteiger partial charge in [-0.3, -0.25) is 14.5 Å². The molecule has 4 nitrogen and oxygen atoms in total. The number of amides is 2. The van der Waals surface area contributed by atoms with Gasteiger partial charge in [-0.2, -0.15) is 0 Å². The molecular formula is C20H18FNO3S. The van der Waals surface area contributed by atoms with Crippen molar-refractivity contribution in [2.45, 2.75) is 26.5 Å². The lowest BCUT2D eigenvalue weighted by Gasteiger charge is -2.12. The fourth-order valence-electron chi connectivity index (χ4n) is 2.50. The number of imide groups is 1. The van der Waals surface area contributed by atoms with Gasteiger partial charge in [0.15, 0.2) is 0 Å². The predicted molar refractivity (Wildman–Crippen MR) is 100 cm³/mol. The van der Waals surface area contributed by atoms with Crippen molar-refractivity contribution < 1.29 is 18.7 Å². The van der Waals surface area contributed by atoms with Gasteiger partial charge in [0.05, 0.1) is 17.6 Å². The fraction of sp³-hybridized carbons (Fsp3) is 0.200. The minimum atomic E-state index is -0.434. The van der Waals surface area contributed by atoms with Crippen LogP contribution in [0.2, 0.25) is 0 Å². The quantitative estimate of drug-likeness (QED) is 0.705. The van der Waals surface area contributed by atoms with Crippen LogP contribution in [0.5, 0.6) is 5.75 Å². The Balaban J connectivity index is 1.75. The molecular weight excluding hydrogens is 353 g/mol. The first-order valence-corrected chi connectivity index (χ1v) is 9.01. The molecule has 1 aliphatic rings. The number of rotatable bonds is 5. The van der Waals surface area contributed by atoms with Crippen molar-refractivity contribution in [2.75, 3.05) is 0 Å². The first-order valence-electron chi connectivity index (χ1n) is 8.19. The van der Waals surface area contributed by atoms with E-state index in [0.29, 0.717) is 10.5 Å². The van der Waals surface area contributed by atoms with E-state index in [0.717, 1.165) is 28.0 Å². The van der Waals surface area contributed by atoms with Crippen molar-refractivity contribution in [3.8, 4) is 5.75 Å². The van der Waals surface area contributed by atoms with Gasteiger partial charge in [-0.05, 0) is 55.4 Å². The Bertz CT molecular complexity index is 862. The number of halogens is 1. The number of benzene rings is 2. The molecule has 1 saturated heterocycles. The molecule has 26 heavy (non-hydrogen) atoms. The number of hydrogen-bond donors (Lipinski definition) is 0. The van der Waals surface area contributed by atoms with Crippen molar-refractivity contribution in [3.05, 3.63) is 70.4 Å². The summed E-state index contributed by atoms with van der Waals surface area (Å²) < 4.78 is 19.4. The van der Waals surface area contributed by atoms with Gasteiger partial charge in [-0.15, -0.1) is 0 Å². The molecule has 6 heteroatoms. The Kier molecular flexibility index (Phi) is 5.42. The topological polar surface area (TPSA) is 46.6 Å². The lowest BCUT2D eigenvalue weighted by Crippen LogP contribution is -2.27. The zero-order valence-corrected chi connectivity index (χ0v) is 15.3. The summed E-state index contributed by atoms with van der Waals surface area (Å²) in [5.41, 5.74) is 1.10. The van der Waals surface area contributed by atoms with Crippen LogP contribution in [0.25, 0.3) is 6.08 Å². The molecule has 0 spiro atoms. The van der Waals surface area contributed by atoms with E-state index in [1.807, 2.05) is 38.1 Å². The summed E-state index contributed by atoms with van der Waals surface area (Å²) in [4.78, 5) is 26.1. The van der Waals surface area contributed by atoms with Crippen molar-refractivity contribution >= 4 is 29.0 Å². The maximum Gasteiger partial charge on any atom is 0.293 e. The summed E-state index contributed by atoms with van der Waals surface area (Å²) in [6.45, 7) is 3.81. The maximum absolute atomic E-state index is 13.8. The highest BCUT2D eigenvalue weighted by molar-refractivity contribution is 8.18. The van der Waals surface area contributed by atoms with E-state index in [9.17, 15) is 14.0 Å². The van der Waals surface area contributed by atoms with Crippen LogP contribution in [0.15, 0.2) is 53.4 Å². The zero-order valence-electron chi connectivity index (χ0n) is 14.4. The van der Waals surface area contributed by atoms with Gasteiger partial charge in [-0.1, -0.05) is 30.3 Å². The highest BCUT2D eigenvalue weighted by Crippen LogP contribution is 2.33. The smallest absolute Gasteiger partial charge is 0.293 e. The van der Waals surface area contributed by atoms with Crippen LogP contribution < -0.4 is 4.74 Å². The number of nitrogens with zero attached hydrogens (tertiary/aromatic N) is 1. The minimum Gasteiger partial charge on any atom is -0.491 e. The summed E-state index contributed by atoms with van der Waals surface area (Å²) in [7, 11) is 0. The lowest BCUT2D eigenvalue weighted by atomic mass is 10.2. The van der Waals surface area contributed by atoms with Crippen LogP contribution in [0.3, 0.4) is 0 Å². The Morgan fingerprint density at radius 3 is 2.46 bits per heavy atom. The average Bonchev–Trinajstić information content (AvgIpc) is 2.85. The average molecular weight is 371 g/mol. The molecule has 1 aliphatic heterocycles. The number of hydrogen-bond acceptors (Lipinski definition) is 4. The summed E-state index contributed by atoms with van der Waals surface area (Å²) in [5, 5.41) is -0.399. The van der Waals surface area contributed by atoms with Gasteiger partial charge in [0.25, 0.3) is 11.1 Å². The van der Waals surface area contributed by atoms with Gasteiger partial charge in [-0.25, -0.2) is 4.39 Å². The molecule has 0 bridgehead atoms. The number of carbonyl (C=O) groups excluding carboxylic acids is 2. The van der Waals surface area contributed by atoms with E-state index in [1.54, 1.807) is 24.3 Å². The Morgan fingerprint density at radius 2 is 1.81 bits per heavy atom. The lowest BCUT2D eigenvalue weighted by molar-refractivity contribution is -0.123. The van der Waals surface area contributed by atoms with Crippen LogP contribution in [0.4, 0.5) is 9.18 Å². The van der Waals surface area contributed by atoms with E-state index < -0.39 is 17.0 Å². The molecule has 0 radical (unpaired) electrons. The second-order valence-corrected chi connectivity index (χ2v) is 7.09. The summed E-state index contributed by atoms with van der Waals surface area (Å²) in [6, 6.07) is 13.4. The van der Waals surface area contributed by atoms with Crippen molar-refractivity contribution in [3.63, 3.8) is 0 Å².